The van der Waals surface area contributed by atoms with E-state index in [0.29, 0.717) is 12.2 Å². The lowest BCUT2D eigenvalue weighted by molar-refractivity contribution is -0.144. The summed E-state index contributed by atoms with van der Waals surface area (Å²) < 4.78 is 9.38. The Balaban J connectivity index is 4.30. The SMILES string of the molecule is C#CCOC(=O)NC(CCSC)C(=O)OCC#C. The summed E-state index contributed by atoms with van der Waals surface area (Å²) in [6, 6.07) is -0.781. The summed E-state index contributed by atoms with van der Waals surface area (Å²) in [5, 5.41) is 2.38. The molecule has 0 saturated carbocycles. The first-order valence-electron chi connectivity index (χ1n) is 5.11. The van der Waals surface area contributed by atoms with Crippen LogP contribution < -0.4 is 5.32 Å². The number of carbonyl (C=O) groups is 2. The van der Waals surface area contributed by atoms with Crippen LogP contribution in [0.1, 0.15) is 6.42 Å². The number of hydrogen-bond donors (Lipinski definition) is 1. The van der Waals surface area contributed by atoms with Gasteiger partial charge in [-0.05, 0) is 18.4 Å². The van der Waals surface area contributed by atoms with E-state index in [0.717, 1.165) is 0 Å². The van der Waals surface area contributed by atoms with E-state index < -0.39 is 18.1 Å². The molecule has 5 nitrogen and oxygen atoms in total. The van der Waals surface area contributed by atoms with Gasteiger partial charge in [-0.2, -0.15) is 11.8 Å². The van der Waals surface area contributed by atoms with Gasteiger partial charge in [0.05, 0.1) is 0 Å². The van der Waals surface area contributed by atoms with Crippen LogP contribution in [0.5, 0.6) is 0 Å². The van der Waals surface area contributed by atoms with Crippen LogP contribution in [0.25, 0.3) is 0 Å². The summed E-state index contributed by atoms with van der Waals surface area (Å²) in [4.78, 5) is 22.8. The number of rotatable bonds is 7. The fourth-order valence-corrected chi connectivity index (χ4v) is 1.46. The molecule has 1 unspecified atom stereocenters. The smallest absolute Gasteiger partial charge is 0.408 e. The van der Waals surface area contributed by atoms with Gasteiger partial charge in [0.1, 0.15) is 6.04 Å². The molecule has 0 aromatic carbocycles. The third-order valence-electron chi connectivity index (χ3n) is 1.77. The van der Waals surface area contributed by atoms with Crippen LogP contribution in [0.3, 0.4) is 0 Å². The van der Waals surface area contributed by atoms with E-state index in [2.05, 4.69) is 21.9 Å². The third kappa shape index (κ3) is 7.48. The van der Waals surface area contributed by atoms with Crippen molar-refractivity contribution in [3.63, 3.8) is 0 Å². The Morgan fingerprint density at radius 1 is 1.28 bits per heavy atom. The number of hydrogen-bond acceptors (Lipinski definition) is 5. The van der Waals surface area contributed by atoms with Gasteiger partial charge in [-0.3, -0.25) is 0 Å². The van der Waals surface area contributed by atoms with Crippen LogP contribution in [0.15, 0.2) is 0 Å². The zero-order valence-electron chi connectivity index (χ0n) is 10.1. The van der Waals surface area contributed by atoms with E-state index in [1.165, 1.54) is 0 Å². The fourth-order valence-electron chi connectivity index (χ4n) is 0.989. The van der Waals surface area contributed by atoms with Gasteiger partial charge in [0.15, 0.2) is 13.2 Å². The van der Waals surface area contributed by atoms with Crippen molar-refractivity contribution in [3.05, 3.63) is 0 Å². The Bertz CT molecular complexity index is 356. The fraction of sp³-hybridized carbons (Fsp3) is 0.500. The number of amides is 1. The Morgan fingerprint density at radius 2 is 1.89 bits per heavy atom. The first-order chi connectivity index (χ1) is 8.65. The van der Waals surface area contributed by atoms with E-state index in [-0.39, 0.29) is 13.2 Å². The van der Waals surface area contributed by atoms with E-state index in [1.807, 2.05) is 6.26 Å². The lowest BCUT2D eigenvalue weighted by atomic mass is 10.2. The second kappa shape index (κ2) is 10.4. The lowest BCUT2D eigenvalue weighted by Gasteiger charge is -2.15. The number of thioether (sulfide) groups is 1. The molecular formula is C12H15NO4S. The molecule has 0 spiro atoms. The van der Waals surface area contributed by atoms with Crippen LogP contribution in [0.4, 0.5) is 4.79 Å². The lowest BCUT2D eigenvalue weighted by Crippen LogP contribution is -2.42. The van der Waals surface area contributed by atoms with Gasteiger partial charge in [0, 0.05) is 0 Å². The highest BCUT2D eigenvalue weighted by atomic mass is 32.2. The zero-order chi connectivity index (χ0) is 13.8. The topological polar surface area (TPSA) is 64.6 Å². The molecular weight excluding hydrogens is 254 g/mol. The number of ether oxygens (including phenoxy) is 2. The molecule has 0 aromatic heterocycles. The van der Waals surface area contributed by atoms with Crippen LogP contribution >= 0.6 is 11.8 Å². The number of carbonyl (C=O) groups excluding carboxylic acids is 2. The summed E-state index contributed by atoms with van der Waals surface area (Å²) in [6.45, 7) is -0.282. The first-order valence-corrected chi connectivity index (χ1v) is 6.50. The minimum absolute atomic E-state index is 0.129. The van der Waals surface area contributed by atoms with Crippen LogP contribution in [-0.4, -0.2) is 43.3 Å². The van der Waals surface area contributed by atoms with Crippen molar-refractivity contribution in [1.82, 2.24) is 5.32 Å². The molecule has 0 saturated heterocycles. The first kappa shape index (κ1) is 16.2. The summed E-state index contributed by atoms with van der Waals surface area (Å²) in [5.41, 5.74) is 0. The van der Waals surface area contributed by atoms with Gasteiger partial charge in [-0.1, -0.05) is 11.8 Å². The van der Waals surface area contributed by atoms with Crippen LogP contribution in [0, 0.1) is 24.7 Å². The maximum atomic E-state index is 11.6. The average Bonchev–Trinajstić information content (AvgIpc) is 2.38. The predicted molar refractivity (Wildman–Crippen MR) is 69.9 cm³/mol. The molecule has 0 aliphatic rings. The summed E-state index contributed by atoms with van der Waals surface area (Å²) in [6.07, 6.45) is 11.5. The van der Waals surface area contributed by atoms with E-state index in [9.17, 15) is 9.59 Å². The Morgan fingerprint density at radius 3 is 2.44 bits per heavy atom. The molecule has 18 heavy (non-hydrogen) atoms. The molecule has 0 heterocycles. The molecule has 6 heteroatoms. The molecule has 1 N–H and O–H groups in total. The largest absolute Gasteiger partial charge is 0.451 e. The molecule has 0 radical (unpaired) electrons. The number of nitrogens with one attached hydrogen (secondary N) is 1. The van der Waals surface area contributed by atoms with E-state index in [4.69, 9.17) is 17.6 Å². The van der Waals surface area contributed by atoms with Gasteiger partial charge in [0.25, 0.3) is 0 Å². The molecule has 0 rings (SSSR count). The molecule has 0 aliphatic heterocycles. The Kier molecular flexibility index (Phi) is 9.34. The average molecular weight is 269 g/mol. The van der Waals surface area contributed by atoms with Crippen molar-refractivity contribution in [2.45, 2.75) is 12.5 Å². The van der Waals surface area contributed by atoms with Crippen molar-refractivity contribution in [2.24, 2.45) is 0 Å². The number of terminal acetylenes is 2. The second-order valence-corrected chi connectivity index (χ2v) is 4.06. The summed E-state index contributed by atoms with van der Waals surface area (Å²) in [7, 11) is 0. The Labute approximate surface area is 111 Å². The van der Waals surface area contributed by atoms with E-state index in [1.54, 1.807) is 11.8 Å². The van der Waals surface area contributed by atoms with Gasteiger partial charge in [-0.15, -0.1) is 12.8 Å². The molecule has 1 amide bonds. The maximum Gasteiger partial charge on any atom is 0.408 e. The molecule has 0 fully saturated rings. The highest BCUT2D eigenvalue weighted by Crippen LogP contribution is 2.03. The summed E-state index contributed by atoms with van der Waals surface area (Å²) in [5.74, 6) is 4.43. The monoisotopic (exact) mass is 269 g/mol. The predicted octanol–water partition coefficient (Wildman–Crippen LogP) is 0.644. The quantitative estimate of drug-likeness (QED) is 0.543. The standard InChI is InChI=1S/C12H15NO4S/c1-4-7-16-11(14)10(6-9-18-3)13-12(15)17-8-5-2/h1-2,10H,6-9H2,3H3,(H,13,15). The van der Waals surface area contributed by atoms with Crippen molar-refractivity contribution >= 4 is 23.8 Å². The van der Waals surface area contributed by atoms with Crippen molar-refractivity contribution in [3.8, 4) is 24.7 Å². The Hall–Kier alpha value is -1.79. The zero-order valence-corrected chi connectivity index (χ0v) is 10.9. The third-order valence-corrected chi connectivity index (χ3v) is 2.42. The molecule has 0 aliphatic carbocycles. The van der Waals surface area contributed by atoms with Gasteiger partial charge < -0.3 is 14.8 Å². The molecule has 0 bridgehead atoms. The van der Waals surface area contributed by atoms with E-state index >= 15 is 0 Å². The number of esters is 1. The normalized spacial score (nSPS) is 10.6. The molecule has 1 atom stereocenters. The summed E-state index contributed by atoms with van der Waals surface area (Å²) >= 11 is 1.54. The van der Waals surface area contributed by atoms with Crippen LogP contribution in [0.2, 0.25) is 0 Å². The minimum atomic E-state index is -0.781. The highest BCUT2D eigenvalue weighted by Gasteiger charge is 2.22. The van der Waals surface area contributed by atoms with Gasteiger partial charge in [0.2, 0.25) is 0 Å². The van der Waals surface area contributed by atoms with Gasteiger partial charge in [-0.25, -0.2) is 9.59 Å². The van der Waals surface area contributed by atoms with Crippen molar-refractivity contribution in [1.29, 1.82) is 0 Å². The molecule has 98 valence electrons. The second-order valence-electron chi connectivity index (χ2n) is 3.07. The minimum Gasteiger partial charge on any atom is -0.451 e. The van der Waals surface area contributed by atoms with Crippen LogP contribution in [-0.2, 0) is 14.3 Å². The maximum absolute atomic E-state index is 11.6. The van der Waals surface area contributed by atoms with Gasteiger partial charge >= 0.3 is 12.1 Å². The molecule has 0 aromatic rings. The highest BCUT2D eigenvalue weighted by molar-refractivity contribution is 7.98. The van der Waals surface area contributed by atoms with Crippen molar-refractivity contribution in [2.75, 3.05) is 25.2 Å². The van der Waals surface area contributed by atoms with Crippen molar-refractivity contribution < 1.29 is 19.1 Å². The number of alkyl carbamates (subject to hydrolysis) is 1.